The van der Waals surface area contributed by atoms with Crippen LogP contribution in [0, 0.1) is 0 Å². The van der Waals surface area contributed by atoms with E-state index in [0.29, 0.717) is 53.0 Å². The van der Waals surface area contributed by atoms with Crippen molar-refractivity contribution in [2.75, 3.05) is 5.32 Å². The summed E-state index contributed by atoms with van der Waals surface area (Å²) in [7, 11) is 1.74. The molecule has 1 saturated carbocycles. The number of ether oxygens (including phenoxy) is 1. The number of nitrogens with zero attached hydrogens (tertiary/aromatic N) is 2. The molecule has 1 fully saturated rings. The Kier molecular flexibility index (Phi) is 7.01. The number of pyridine rings is 1. The van der Waals surface area contributed by atoms with Gasteiger partial charge in [-0.15, -0.1) is 0 Å². The van der Waals surface area contributed by atoms with Crippen LogP contribution in [-0.2, 0) is 18.3 Å². The van der Waals surface area contributed by atoms with Gasteiger partial charge in [0.05, 0.1) is 22.9 Å². The topological polar surface area (TPSA) is 128 Å². The summed E-state index contributed by atoms with van der Waals surface area (Å²) in [6.45, 7) is 5.69. The molecule has 2 heterocycles. The molecular formula is C27H33N5O4. The summed E-state index contributed by atoms with van der Waals surface area (Å²) in [6.07, 6.45) is 2.99. The zero-order valence-corrected chi connectivity index (χ0v) is 21.2. The van der Waals surface area contributed by atoms with Crippen LogP contribution in [0.1, 0.15) is 73.0 Å². The highest BCUT2D eigenvalue weighted by molar-refractivity contribution is 6.08. The normalized spacial score (nSPS) is 14.7. The smallest absolute Gasteiger partial charge is 0.272 e. The van der Waals surface area contributed by atoms with E-state index in [4.69, 9.17) is 15.5 Å². The Morgan fingerprint density at radius 3 is 2.39 bits per heavy atom. The van der Waals surface area contributed by atoms with Gasteiger partial charge in [-0.1, -0.05) is 38.0 Å². The number of nitrogens with one attached hydrogen (secondary N) is 2. The van der Waals surface area contributed by atoms with Crippen molar-refractivity contribution in [3.8, 4) is 5.75 Å². The molecule has 36 heavy (non-hydrogen) atoms. The second kappa shape index (κ2) is 10.0. The van der Waals surface area contributed by atoms with Crippen molar-refractivity contribution in [3.05, 3.63) is 53.3 Å². The highest BCUT2D eigenvalue weighted by Gasteiger charge is 2.42. The second-order valence-corrected chi connectivity index (χ2v) is 9.54. The van der Waals surface area contributed by atoms with E-state index >= 15 is 0 Å². The fourth-order valence-corrected chi connectivity index (χ4v) is 4.81. The Morgan fingerprint density at radius 1 is 1.14 bits per heavy atom. The number of hydrogen-bond donors (Lipinski definition) is 3. The third-order valence-corrected chi connectivity index (χ3v) is 6.66. The number of carbonyl (C=O) groups is 3. The van der Waals surface area contributed by atoms with Gasteiger partial charge in [0.15, 0.2) is 11.4 Å². The van der Waals surface area contributed by atoms with Gasteiger partial charge in [-0.3, -0.25) is 14.4 Å². The average molecular weight is 492 g/mol. The van der Waals surface area contributed by atoms with Gasteiger partial charge in [-0.05, 0) is 51.3 Å². The molecule has 190 valence electrons. The summed E-state index contributed by atoms with van der Waals surface area (Å²) in [6, 6.07) is 10.7. The van der Waals surface area contributed by atoms with Crippen LogP contribution in [0.3, 0.4) is 0 Å². The molecule has 3 aromatic rings. The molecule has 3 amide bonds. The number of aryl methyl sites for hydroxylation is 2. The highest BCUT2D eigenvalue weighted by atomic mass is 16.5. The van der Waals surface area contributed by atoms with Crippen molar-refractivity contribution < 1.29 is 19.1 Å². The third-order valence-electron chi connectivity index (χ3n) is 6.66. The van der Waals surface area contributed by atoms with E-state index in [-0.39, 0.29) is 17.7 Å². The number of anilines is 1. The Bertz CT molecular complexity index is 1310. The fourth-order valence-electron chi connectivity index (χ4n) is 4.81. The molecule has 0 atom stereocenters. The lowest BCUT2D eigenvalue weighted by molar-refractivity contribution is -0.123. The van der Waals surface area contributed by atoms with Crippen LogP contribution >= 0.6 is 0 Å². The van der Waals surface area contributed by atoms with Crippen LogP contribution in [-0.4, -0.2) is 38.9 Å². The zero-order valence-electron chi connectivity index (χ0n) is 21.2. The molecule has 0 unspecified atom stereocenters. The predicted octanol–water partition coefficient (Wildman–Crippen LogP) is 3.70. The Labute approximate surface area is 210 Å². The molecule has 4 N–H and O–H groups in total. The van der Waals surface area contributed by atoms with E-state index in [1.165, 1.54) is 0 Å². The fraction of sp³-hybridized carbons (Fsp3) is 0.407. The number of hydrogen-bond acceptors (Lipinski definition) is 5. The summed E-state index contributed by atoms with van der Waals surface area (Å²) in [4.78, 5) is 43.5. The number of aromatic nitrogens is 2. The third kappa shape index (κ3) is 4.65. The van der Waals surface area contributed by atoms with Gasteiger partial charge in [0.25, 0.3) is 11.8 Å². The van der Waals surface area contributed by atoms with Gasteiger partial charge in [-0.2, -0.15) is 0 Å². The van der Waals surface area contributed by atoms with Crippen molar-refractivity contribution in [2.45, 2.75) is 64.5 Å². The highest BCUT2D eigenvalue weighted by Crippen LogP contribution is 2.37. The SMILES string of the molecule is CCc1nc2c(cc1NC(=O)c1ccccc1)c(OC(C)C)c(C(=O)NC1(C(N)=O)CCCC1)n2C. The number of fused-ring (bicyclic) bond motifs is 1. The summed E-state index contributed by atoms with van der Waals surface area (Å²) < 4.78 is 7.80. The molecule has 4 rings (SSSR count). The molecule has 1 aromatic carbocycles. The van der Waals surface area contributed by atoms with Crippen molar-refractivity contribution in [1.29, 1.82) is 0 Å². The molecule has 0 aliphatic heterocycles. The quantitative estimate of drug-likeness (QED) is 0.443. The Balaban J connectivity index is 1.81. The molecular weight excluding hydrogens is 458 g/mol. The van der Waals surface area contributed by atoms with Gasteiger partial charge >= 0.3 is 0 Å². The number of primary amides is 1. The molecule has 9 nitrogen and oxygen atoms in total. The molecule has 0 bridgehead atoms. The maximum absolute atomic E-state index is 13.6. The standard InChI is InChI=1S/C27H33N5O4/c1-5-19-20(30-24(33)17-11-7-6-8-12-17)15-18-22(36-16(2)3)21(32(4)23(18)29-19)25(34)31-27(26(28)35)13-9-10-14-27/h6-8,11-12,15-16H,5,9-10,13-14H2,1-4H3,(H2,28,35)(H,30,33)(H,31,34). The van der Waals surface area contributed by atoms with Gasteiger partial charge in [0.2, 0.25) is 5.91 Å². The van der Waals surface area contributed by atoms with Crippen molar-refractivity contribution in [3.63, 3.8) is 0 Å². The van der Waals surface area contributed by atoms with Crippen LogP contribution in [0.4, 0.5) is 5.69 Å². The van der Waals surface area contributed by atoms with E-state index in [1.54, 1.807) is 41.9 Å². The minimum atomic E-state index is -1.07. The minimum Gasteiger partial charge on any atom is -0.488 e. The van der Waals surface area contributed by atoms with Crippen molar-refractivity contribution in [1.82, 2.24) is 14.9 Å². The first-order valence-corrected chi connectivity index (χ1v) is 12.3. The molecule has 2 aromatic heterocycles. The van der Waals surface area contributed by atoms with Crippen LogP contribution in [0.15, 0.2) is 36.4 Å². The van der Waals surface area contributed by atoms with Crippen LogP contribution in [0.2, 0.25) is 0 Å². The maximum atomic E-state index is 13.6. The number of rotatable bonds is 8. The van der Waals surface area contributed by atoms with Crippen LogP contribution in [0.25, 0.3) is 11.0 Å². The Morgan fingerprint density at radius 2 is 1.81 bits per heavy atom. The summed E-state index contributed by atoms with van der Waals surface area (Å²) in [5.41, 5.74) is 7.19. The van der Waals surface area contributed by atoms with Gasteiger partial charge < -0.3 is 25.7 Å². The summed E-state index contributed by atoms with van der Waals surface area (Å²) in [5, 5.41) is 6.46. The minimum absolute atomic E-state index is 0.230. The van der Waals surface area contributed by atoms with E-state index in [2.05, 4.69) is 10.6 Å². The van der Waals surface area contributed by atoms with Crippen LogP contribution < -0.4 is 21.1 Å². The van der Waals surface area contributed by atoms with E-state index in [9.17, 15) is 14.4 Å². The van der Waals surface area contributed by atoms with E-state index < -0.39 is 17.4 Å². The first-order valence-electron chi connectivity index (χ1n) is 12.3. The van der Waals surface area contributed by atoms with Crippen molar-refractivity contribution >= 4 is 34.4 Å². The zero-order chi connectivity index (χ0) is 26.0. The van der Waals surface area contributed by atoms with Gasteiger partial charge in [-0.25, -0.2) is 4.98 Å². The van der Waals surface area contributed by atoms with Crippen molar-refractivity contribution in [2.24, 2.45) is 12.8 Å². The molecule has 9 heteroatoms. The molecule has 0 radical (unpaired) electrons. The Hall–Kier alpha value is -3.88. The maximum Gasteiger partial charge on any atom is 0.272 e. The predicted molar refractivity (Wildman–Crippen MR) is 138 cm³/mol. The van der Waals surface area contributed by atoms with E-state index in [1.807, 2.05) is 26.8 Å². The number of benzene rings is 1. The first-order chi connectivity index (χ1) is 17.2. The number of amides is 3. The second-order valence-electron chi connectivity index (χ2n) is 9.54. The lowest BCUT2D eigenvalue weighted by Crippen LogP contribution is -2.55. The molecule has 0 saturated heterocycles. The molecule has 1 aliphatic carbocycles. The molecule has 0 spiro atoms. The lowest BCUT2D eigenvalue weighted by atomic mass is 9.96. The molecule has 1 aliphatic rings. The van der Waals surface area contributed by atoms with Gasteiger partial charge in [0, 0.05) is 12.6 Å². The van der Waals surface area contributed by atoms with Crippen LogP contribution in [0.5, 0.6) is 5.75 Å². The summed E-state index contributed by atoms with van der Waals surface area (Å²) >= 11 is 0. The largest absolute Gasteiger partial charge is 0.488 e. The first kappa shape index (κ1) is 25.2. The lowest BCUT2D eigenvalue weighted by Gasteiger charge is -2.27. The van der Waals surface area contributed by atoms with E-state index in [0.717, 1.165) is 12.8 Å². The number of carbonyl (C=O) groups excluding carboxylic acids is 3. The van der Waals surface area contributed by atoms with Gasteiger partial charge in [0.1, 0.15) is 11.2 Å². The monoisotopic (exact) mass is 491 g/mol. The summed E-state index contributed by atoms with van der Waals surface area (Å²) in [5.74, 6) is -0.880. The number of nitrogens with two attached hydrogens (primary N) is 1. The average Bonchev–Trinajstić information content (AvgIpc) is 3.42.